The number of carbonyl (C=O) groups is 2. The van der Waals surface area contributed by atoms with Gasteiger partial charge in [-0.15, -0.1) is 0 Å². The van der Waals surface area contributed by atoms with Crippen LogP contribution in [0, 0.1) is 0 Å². The van der Waals surface area contributed by atoms with Gasteiger partial charge in [-0.05, 0) is 25.1 Å². The van der Waals surface area contributed by atoms with Crippen LogP contribution < -0.4 is 4.90 Å². The van der Waals surface area contributed by atoms with Crippen molar-refractivity contribution in [2.45, 2.75) is 13.1 Å². The highest BCUT2D eigenvalue weighted by atomic mass is 19.4. The molecule has 0 bridgehead atoms. The van der Waals surface area contributed by atoms with E-state index in [1.54, 1.807) is 37.3 Å². The van der Waals surface area contributed by atoms with Crippen LogP contribution in [0.2, 0.25) is 0 Å². The van der Waals surface area contributed by atoms with Crippen LogP contribution >= 0.6 is 0 Å². The smallest absolute Gasteiger partial charge is 0.368 e. The summed E-state index contributed by atoms with van der Waals surface area (Å²) in [4.78, 5) is 29.4. The number of Topliss-reactive ketones (excluding diaryl/α,β-unsaturated/α-hetero) is 2. The Morgan fingerprint density at radius 3 is 2.00 bits per heavy atom. The average Bonchev–Trinajstić information content (AvgIpc) is 2.72. The van der Waals surface area contributed by atoms with Gasteiger partial charge in [0.25, 0.3) is 0 Å². The molecule has 29 heavy (non-hydrogen) atoms. The zero-order valence-electron chi connectivity index (χ0n) is 15.8. The first-order chi connectivity index (χ1) is 13.8. The van der Waals surface area contributed by atoms with Crippen LogP contribution in [0.15, 0.2) is 59.8 Å². The zero-order chi connectivity index (χ0) is 20.8. The third kappa shape index (κ3) is 3.41. The summed E-state index contributed by atoms with van der Waals surface area (Å²) in [5.74, 6) is -0.333. The maximum absolute atomic E-state index is 13.0. The van der Waals surface area contributed by atoms with Gasteiger partial charge in [-0.2, -0.15) is 13.2 Å². The minimum atomic E-state index is -4.39. The van der Waals surface area contributed by atoms with Gasteiger partial charge in [-0.1, -0.05) is 30.3 Å². The molecule has 0 saturated carbocycles. The average molecular weight is 400 g/mol. The fourth-order valence-corrected chi connectivity index (χ4v) is 3.93. The molecule has 4 rings (SSSR count). The quantitative estimate of drug-likeness (QED) is 0.758. The van der Waals surface area contributed by atoms with Gasteiger partial charge in [0.2, 0.25) is 5.78 Å². The predicted molar refractivity (Wildman–Crippen MR) is 103 cm³/mol. The van der Waals surface area contributed by atoms with Crippen LogP contribution in [-0.4, -0.2) is 42.6 Å². The lowest BCUT2D eigenvalue weighted by atomic mass is 9.87. The molecule has 4 nitrogen and oxygen atoms in total. The highest BCUT2D eigenvalue weighted by molar-refractivity contribution is 6.26. The Kier molecular flexibility index (Phi) is 4.68. The van der Waals surface area contributed by atoms with Crippen molar-refractivity contribution < 1.29 is 22.8 Å². The molecule has 1 aliphatic heterocycles. The molecule has 0 atom stereocenters. The van der Waals surface area contributed by atoms with Gasteiger partial charge in [0.05, 0.1) is 11.3 Å². The van der Waals surface area contributed by atoms with Crippen LogP contribution in [0.4, 0.5) is 18.9 Å². The molecule has 0 amide bonds. The number of piperazine rings is 1. The molecule has 1 heterocycles. The van der Waals surface area contributed by atoms with Gasteiger partial charge in [0.1, 0.15) is 0 Å². The van der Waals surface area contributed by atoms with Crippen LogP contribution in [0.25, 0.3) is 0 Å². The van der Waals surface area contributed by atoms with E-state index in [4.69, 9.17) is 0 Å². The van der Waals surface area contributed by atoms with Crippen molar-refractivity contribution in [1.82, 2.24) is 4.90 Å². The molecule has 2 aromatic carbocycles. The number of hydrogen-bond acceptors (Lipinski definition) is 4. The van der Waals surface area contributed by atoms with Crippen molar-refractivity contribution in [2.24, 2.45) is 0 Å². The lowest BCUT2D eigenvalue weighted by molar-refractivity contribution is -0.137. The third-order valence-electron chi connectivity index (χ3n) is 5.46. The van der Waals surface area contributed by atoms with Gasteiger partial charge in [0, 0.05) is 48.6 Å². The summed E-state index contributed by atoms with van der Waals surface area (Å²) in [5, 5.41) is 0. The molecular formula is C22H19F3N2O2. The van der Waals surface area contributed by atoms with Crippen molar-refractivity contribution in [1.29, 1.82) is 0 Å². The lowest BCUT2D eigenvalue weighted by Gasteiger charge is -2.39. The minimum Gasteiger partial charge on any atom is -0.368 e. The second kappa shape index (κ2) is 7.06. The highest BCUT2D eigenvalue weighted by Gasteiger charge is 2.34. The number of hydrogen-bond donors (Lipinski definition) is 0. The van der Waals surface area contributed by atoms with Crippen LogP contribution in [0.5, 0.6) is 0 Å². The molecule has 150 valence electrons. The number of anilines is 1. The van der Waals surface area contributed by atoms with Gasteiger partial charge in [0.15, 0.2) is 5.78 Å². The molecule has 2 aromatic rings. The Bertz CT molecular complexity index is 1020. The Morgan fingerprint density at radius 2 is 1.38 bits per heavy atom. The molecule has 1 aliphatic carbocycles. The Morgan fingerprint density at radius 1 is 0.793 bits per heavy atom. The topological polar surface area (TPSA) is 40.6 Å². The summed E-state index contributed by atoms with van der Waals surface area (Å²) in [6.07, 6.45) is -4.39. The molecule has 0 radical (unpaired) electrons. The third-order valence-corrected chi connectivity index (χ3v) is 5.46. The van der Waals surface area contributed by atoms with E-state index < -0.39 is 11.7 Å². The maximum Gasteiger partial charge on any atom is 0.416 e. The van der Waals surface area contributed by atoms with Crippen LogP contribution in [-0.2, 0) is 6.18 Å². The monoisotopic (exact) mass is 400 g/mol. The largest absolute Gasteiger partial charge is 0.416 e. The number of nitrogens with zero attached hydrogens (tertiary/aromatic N) is 2. The normalized spacial score (nSPS) is 17.7. The predicted octanol–water partition coefficient (Wildman–Crippen LogP) is 4.18. The molecule has 1 fully saturated rings. The number of halogens is 3. The van der Waals surface area contributed by atoms with Crippen molar-refractivity contribution in [2.75, 3.05) is 31.1 Å². The van der Waals surface area contributed by atoms with E-state index in [0.29, 0.717) is 54.3 Å². The zero-order valence-corrected chi connectivity index (χ0v) is 15.8. The van der Waals surface area contributed by atoms with Crippen molar-refractivity contribution in [3.8, 4) is 0 Å². The van der Waals surface area contributed by atoms with E-state index in [2.05, 4.69) is 0 Å². The molecule has 2 aliphatic rings. The van der Waals surface area contributed by atoms with Gasteiger partial charge in [-0.25, -0.2) is 0 Å². The molecule has 1 saturated heterocycles. The Hall–Kier alpha value is -3.09. The molecule has 0 spiro atoms. The fraction of sp³-hybridized carbons (Fsp3) is 0.273. The highest BCUT2D eigenvalue weighted by Crippen LogP contribution is 2.33. The van der Waals surface area contributed by atoms with E-state index in [0.717, 1.165) is 12.1 Å². The van der Waals surface area contributed by atoms with Crippen LogP contribution in [0.1, 0.15) is 33.2 Å². The minimum absolute atomic E-state index is 0.157. The standard InChI is InChI=1S/C22H19F3N2O2/c1-14-19(21(29)18-8-3-2-7-17(18)20(14)28)27-11-9-26(10-12-27)16-6-4-5-15(13-16)22(23,24)25/h2-8,13H,9-12H2,1H3. The van der Waals surface area contributed by atoms with E-state index in [1.165, 1.54) is 6.07 Å². The first-order valence-electron chi connectivity index (χ1n) is 9.34. The number of alkyl halides is 3. The number of benzene rings is 2. The van der Waals surface area contributed by atoms with Crippen LogP contribution in [0.3, 0.4) is 0 Å². The fourth-order valence-electron chi connectivity index (χ4n) is 3.93. The van der Waals surface area contributed by atoms with Crippen molar-refractivity contribution in [3.05, 3.63) is 76.5 Å². The van der Waals surface area contributed by atoms with Crippen molar-refractivity contribution in [3.63, 3.8) is 0 Å². The Labute approximate surface area is 166 Å². The SMILES string of the molecule is CC1=C(N2CCN(c3cccc(C(F)(F)F)c3)CC2)C(=O)c2ccccc2C1=O. The summed E-state index contributed by atoms with van der Waals surface area (Å²) in [5.41, 5.74) is 1.46. The lowest BCUT2D eigenvalue weighted by Crippen LogP contribution is -2.48. The Balaban J connectivity index is 1.54. The van der Waals surface area contributed by atoms with E-state index in [9.17, 15) is 22.8 Å². The summed E-state index contributed by atoms with van der Waals surface area (Å²) in [7, 11) is 0. The summed E-state index contributed by atoms with van der Waals surface area (Å²) < 4.78 is 38.9. The number of fused-ring (bicyclic) bond motifs is 1. The maximum atomic E-state index is 13.0. The van der Waals surface area contributed by atoms with E-state index in [-0.39, 0.29) is 11.6 Å². The number of carbonyl (C=O) groups excluding carboxylic acids is 2. The first-order valence-corrected chi connectivity index (χ1v) is 9.34. The van der Waals surface area contributed by atoms with Gasteiger partial charge < -0.3 is 9.80 Å². The van der Waals surface area contributed by atoms with Gasteiger partial charge in [-0.3, -0.25) is 9.59 Å². The van der Waals surface area contributed by atoms with Crippen molar-refractivity contribution >= 4 is 17.3 Å². The first kappa shape index (κ1) is 19.2. The second-order valence-electron chi connectivity index (χ2n) is 7.20. The van der Waals surface area contributed by atoms with E-state index in [1.807, 2.05) is 9.80 Å². The number of allylic oxidation sites excluding steroid dienone is 2. The molecule has 0 aromatic heterocycles. The molecule has 0 N–H and O–H groups in total. The summed E-state index contributed by atoms with van der Waals surface area (Å²) in [6, 6.07) is 12.0. The molecular weight excluding hydrogens is 381 g/mol. The number of ketones is 2. The molecule has 7 heteroatoms. The summed E-state index contributed by atoms with van der Waals surface area (Å²) >= 11 is 0. The van der Waals surface area contributed by atoms with E-state index >= 15 is 0 Å². The second-order valence-corrected chi connectivity index (χ2v) is 7.20. The van der Waals surface area contributed by atoms with Gasteiger partial charge >= 0.3 is 6.18 Å². The molecule has 0 unspecified atom stereocenters. The summed E-state index contributed by atoms with van der Waals surface area (Å²) in [6.45, 7) is 3.47. The number of rotatable bonds is 2.